The Bertz CT molecular complexity index is 496. The second-order valence-electron chi connectivity index (χ2n) is 5.28. The number of hydrogen-bond donors (Lipinski definition) is 1. The monoisotopic (exact) mass is 301 g/mol. The smallest absolute Gasteiger partial charge is 0.376 e. The molecule has 6 heteroatoms. The third-order valence-corrected chi connectivity index (χ3v) is 3.53. The Morgan fingerprint density at radius 3 is 2.86 bits per heavy atom. The maximum absolute atomic E-state index is 12.6. The summed E-state index contributed by atoms with van der Waals surface area (Å²) in [6.45, 7) is 2.54. The van der Waals surface area contributed by atoms with E-state index in [1.54, 1.807) is 0 Å². The third-order valence-electron chi connectivity index (χ3n) is 3.53. The molecule has 0 unspecified atom stereocenters. The molecular weight excluding hydrogens is 283 g/mol. The molecule has 1 N–H and O–H groups in total. The van der Waals surface area contributed by atoms with E-state index >= 15 is 0 Å². The molecule has 1 aliphatic rings. The van der Waals surface area contributed by atoms with Gasteiger partial charge in [0.15, 0.2) is 0 Å². The van der Waals surface area contributed by atoms with Crippen LogP contribution in [0.5, 0.6) is 0 Å². The number of amides is 1. The van der Waals surface area contributed by atoms with Gasteiger partial charge in [-0.05, 0) is 31.4 Å². The van der Waals surface area contributed by atoms with Crippen LogP contribution in [-0.4, -0.2) is 24.7 Å². The van der Waals surface area contributed by atoms with Crippen LogP contribution in [0.2, 0.25) is 0 Å². The van der Waals surface area contributed by atoms with E-state index in [1.165, 1.54) is 12.1 Å². The van der Waals surface area contributed by atoms with Crippen LogP contribution in [0.3, 0.4) is 0 Å². The van der Waals surface area contributed by atoms with E-state index in [9.17, 15) is 18.0 Å². The highest BCUT2D eigenvalue weighted by Crippen LogP contribution is 2.29. The van der Waals surface area contributed by atoms with E-state index in [4.69, 9.17) is 4.74 Å². The maximum atomic E-state index is 12.6. The van der Waals surface area contributed by atoms with E-state index in [-0.39, 0.29) is 24.5 Å². The summed E-state index contributed by atoms with van der Waals surface area (Å²) in [6, 6.07) is 4.71. The van der Waals surface area contributed by atoms with Gasteiger partial charge in [-0.2, -0.15) is 13.2 Å². The van der Waals surface area contributed by atoms with Gasteiger partial charge in [-0.1, -0.05) is 18.2 Å². The fraction of sp³-hybridized carbons (Fsp3) is 0.533. The number of benzene rings is 1. The van der Waals surface area contributed by atoms with Crippen LogP contribution in [-0.2, 0) is 22.1 Å². The minimum atomic E-state index is -4.39. The Balaban J connectivity index is 1.93. The van der Waals surface area contributed by atoms with E-state index < -0.39 is 11.7 Å². The molecule has 0 radical (unpaired) electrons. The lowest BCUT2D eigenvalue weighted by Crippen LogP contribution is -2.41. The number of rotatable bonds is 4. The summed E-state index contributed by atoms with van der Waals surface area (Å²) in [6.07, 6.45) is -2.60. The molecule has 3 nitrogen and oxygen atoms in total. The number of hydrogen-bond acceptors (Lipinski definition) is 2. The summed E-state index contributed by atoms with van der Waals surface area (Å²) >= 11 is 0. The van der Waals surface area contributed by atoms with Crippen LogP contribution in [0.4, 0.5) is 13.2 Å². The zero-order chi connectivity index (χ0) is 15.5. The van der Waals surface area contributed by atoms with Crippen LogP contribution in [0.1, 0.15) is 30.9 Å². The van der Waals surface area contributed by atoms with Gasteiger partial charge in [0.05, 0.1) is 24.1 Å². The molecule has 1 aromatic rings. The quantitative estimate of drug-likeness (QED) is 0.928. The molecule has 1 saturated heterocycles. The fourth-order valence-corrected chi connectivity index (χ4v) is 2.44. The van der Waals surface area contributed by atoms with Crippen molar-refractivity contribution in [3.05, 3.63) is 35.4 Å². The minimum absolute atomic E-state index is 0.00420. The number of alkyl halides is 3. The third kappa shape index (κ3) is 4.46. The molecule has 21 heavy (non-hydrogen) atoms. The van der Waals surface area contributed by atoms with E-state index in [1.807, 2.05) is 6.92 Å². The Hall–Kier alpha value is -1.56. The lowest BCUT2D eigenvalue weighted by molar-refractivity contribution is -0.137. The van der Waals surface area contributed by atoms with Crippen molar-refractivity contribution in [2.45, 2.75) is 44.5 Å². The Morgan fingerprint density at radius 2 is 2.24 bits per heavy atom. The van der Waals surface area contributed by atoms with Crippen molar-refractivity contribution in [1.29, 1.82) is 0 Å². The zero-order valence-corrected chi connectivity index (χ0v) is 11.7. The number of carbonyl (C=O) groups excluding carboxylic acids is 1. The first-order chi connectivity index (χ1) is 9.86. The Labute approximate surface area is 121 Å². The van der Waals surface area contributed by atoms with Crippen molar-refractivity contribution >= 4 is 5.91 Å². The molecule has 1 aromatic carbocycles. The van der Waals surface area contributed by atoms with Crippen LogP contribution >= 0.6 is 0 Å². The van der Waals surface area contributed by atoms with E-state index in [2.05, 4.69) is 5.32 Å². The van der Waals surface area contributed by atoms with E-state index in [0.717, 1.165) is 25.0 Å². The van der Waals surface area contributed by atoms with Crippen LogP contribution in [0.15, 0.2) is 24.3 Å². The normalized spacial score (nSPS) is 20.3. The van der Waals surface area contributed by atoms with E-state index in [0.29, 0.717) is 12.2 Å². The molecule has 0 saturated carbocycles. The lowest BCUT2D eigenvalue weighted by Gasteiger charge is -2.20. The van der Waals surface area contributed by atoms with Crippen LogP contribution in [0, 0.1) is 0 Å². The minimum Gasteiger partial charge on any atom is -0.376 e. The largest absolute Gasteiger partial charge is 0.416 e. The number of ether oxygens (including phenoxy) is 1. The highest BCUT2D eigenvalue weighted by Gasteiger charge is 2.30. The summed E-state index contributed by atoms with van der Waals surface area (Å²) in [5.41, 5.74) is -0.387. The molecule has 1 amide bonds. The number of nitrogens with one attached hydrogen (secondary N) is 1. The fourth-order valence-electron chi connectivity index (χ4n) is 2.44. The molecule has 0 aromatic heterocycles. The van der Waals surface area contributed by atoms with Crippen molar-refractivity contribution in [2.75, 3.05) is 6.61 Å². The molecule has 0 aliphatic carbocycles. The van der Waals surface area contributed by atoms with Gasteiger partial charge < -0.3 is 10.1 Å². The van der Waals surface area contributed by atoms with Crippen LogP contribution < -0.4 is 5.32 Å². The van der Waals surface area contributed by atoms with Gasteiger partial charge in [0.1, 0.15) is 0 Å². The molecule has 0 bridgehead atoms. The zero-order valence-electron chi connectivity index (χ0n) is 11.7. The Morgan fingerprint density at radius 1 is 1.48 bits per heavy atom. The molecular formula is C15H18F3NO2. The topological polar surface area (TPSA) is 38.3 Å². The first-order valence-corrected chi connectivity index (χ1v) is 6.93. The van der Waals surface area contributed by atoms with Crippen molar-refractivity contribution in [2.24, 2.45) is 0 Å². The number of halogens is 3. The molecule has 2 atom stereocenters. The lowest BCUT2D eigenvalue weighted by atomic mass is 10.1. The summed E-state index contributed by atoms with van der Waals surface area (Å²) in [5.74, 6) is -0.294. The SMILES string of the molecule is C[C@@H](NC(=O)Cc1cccc(C(F)(F)F)c1)[C@@H]1CCCO1. The molecule has 0 spiro atoms. The standard InChI is InChI=1S/C15H18F3NO2/c1-10(13-6-3-7-21-13)19-14(20)9-11-4-2-5-12(8-11)15(16,17)18/h2,4-5,8,10,13H,3,6-7,9H2,1H3,(H,19,20)/t10-,13+/m1/s1. The summed E-state index contributed by atoms with van der Waals surface area (Å²) < 4.78 is 43.3. The highest BCUT2D eigenvalue weighted by atomic mass is 19.4. The van der Waals surface area contributed by atoms with Gasteiger partial charge in [0, 0.05) is 6.61 Å². The molecule has 1 fully saturated rings. The highest BCUT2D eigenvalue weighted by molar-refractivity contribution is 5.78. The molecule has 116 valence electrons. The first kappa shape index (κ1) is 15.8. The van der Waals surface area contributed by atoms with Gasteiger partial charge in [0.25, 0.3) is 0 Å². The van der Waals surface area contributed by atoms with Crippen molar-refractivity contribution in [1.82, 2.24) is 5.32 Å². The molecule has 2 rings (SSSR count). The average molecular weight is 301 g/mol. The van der Waals surface area contributed by atoms with Crippen molar-refractivity contribution in [3.63, 3.8) is 0 Å². The van der Waals surface area contributed by atoms with Crippen LogP contribution in [0.25, 0.3) is 0 Å². The van der Waals surface area contributed by atoms with Crippen molar-refractivity contribution < 1.29 is 22.7 Å². The van der Waals surface area contributed by atoms with Gasteiger partial charge in [-0.25, -0.2) is 0 Å². The van der Waals surface area contributed by atoms with Gasteiger partial charge in [-0.15, -0.1) is 0 Å². The second kappa shape index (κ2) is 6.47. The van der Waals surface area contributed by atoms with Crippen molar-refractivity contribution in [3.8, 4) is 0 Å². The number of carbonyl (C=O) groups is 1. The summed E-state index contributed by atoms with van der Waals surface area (Å²) in [4.78, 5) is 11.9. The maximum Gasteiger partial charge on any atom is 0.416 e. The molecule has 1 heterocycles. The predicted molar refractivity (Wildman–Crippen MR) is 71.7 cm³/mol. The van der Waals surface area contributed by atoms with Gasteiger partial charge in [-0.3, -0.25) is 4.79 Å². The average Bonchev–Trinajstić information content (AvgIpc) is 2.91. The van der Waals surface area contributed by atoms with Gasteiger partial charge in [0.2, 0.25) is 5.91 Å². The first-order valence-electron chi connectivity index (χ1n) is 6.93. The summed E-state index contributed by atoms with van der Waals surface area (Å²) in [5, 5.41) is 2.78. The van der Waals surface area contributed by atoms with Gasteiger partial charge >= 0.3 is 6.18 Å². The predicted octanol–water partition coefficient (Wildman–Crippen LogP) is 2.93. The molecule has 1 aliphatic heterocycles. The Kier molecular flexibility index (Phi) is 4.88. The summed E-state index contributed by atoms with van der Waals surface area (Å²) in [7, 11) is 0. The second-order valence-corrected chi connectivity index (χ2v) is 5.28.